The number of sulfone groups is 1. The molecule has 3 aromatic heterocycles. The predicted molar refractivity (Wildman–Crippen MR) is 124 cm³/mol. The number of H-pyrrole nitrogens is 1. The summed E-state index contributed by atoms with van der Waals surface area (Å²) >= 11 is 0. The maximum Gasteiger partial charge on any atom is 0.176 e. The van der Waals surface area contributed by atoms with Crippen LogP contribution in [0.3, 0.4) is 0 Å². The van der Waals surface area contributed by atoms with E-state index in [1.54, 1.807) is 41.3 Å². The number of nitrogens with one attached hydrogen (secondary N) is 1. The van der Waals surface area contributed by atoms with Crippen LogP contribution < -0.4 is 4.90 Å². The highest BCUT2D eigenvalue weighted by Gasteiger charge is 2.23. The number of aromatic nitrogens is 5. The van der Waals surface area contributed by atoms with Gasteiger partial charge in [0.2, 0.25) is 0 Å². The molecule has 1 atom stereocenters. The molecule has 0 bridgehead atoms. The summed E-state index contributed by atoms with van der Waals surface area (Å²) < 4.78 is 31.7. The third-order valence-electron chi connectivity index (χ3n) is 5.52. The summed E-state index contributed by atoms with van der Waals surface area (Å²) in [6, 6.07) is 10.6. The van der Waals surface area contributed by atoms with Crippen molar-refractivity contribution in [1.29, 1.82) is 0 Å². The Morgan fingerprint density at radius 3 is 2.76 bits per heavy atom. The van der Waals surface area contributed by atoms with Gasteiger partial charge in [-0.3, -0.25) is 5.10 Å². The molecule has 1 fully saturated rings. The van der Waals surface area contributed by atoms with E-state index in [4.69, 9.17) is 9.72 Å². The molecular formula is C23H22N6O3S. The first kappa shape index (κ1) is 21.2. The van der Waals surface area contributed by atoms with Crippen molar-refractivity contribution in [2.45, 2.75) is 17.9 Å². The summed E-state index contributed by atoms with van der Waals surface area (Å²) in [6.45, 7) is 4.03. The van der Waals surface area contributed by atoms with Crippen LogP contribution in [0, 0.1) is 11.8 Å². The summed E-state index contributed by atoms with van der Waals surface area (Å²) in [5, 5.41) is 12.2. The minimum atomic E-state index is -3.40. The largest absolute Gasteiger partial charge is 0.377 e. The first-order valence-electron chi connectivity index (χ1n) is 10.5. The fraction of sp³-hybridized carbons (Fsp3) is 0.261. The fourth-order valence-electron chi connectivity index (χ4n) is 3.88. The van der Waals surface area contributed by atoms with Gasteiger partial charge >= 0.3 is 0 Å². The van der Waals surface area contributed by atoms with Gasteiger partial charge in [-0.1, -0.05) is 24.0 Å². The van der Waals surface area contributed by atoms with Crippen molar-refractivity contribution in [3.8, 4) is 17.7 Å². The standard InChI is InChI=1S/C23H22N6O3S/c1-16-15-32-12-11-28(16)22-13-18(8-7-17-5-3-4-6-20(17)33(2,30)31)19-14-25-29(23(19)26-22)21-9-10-24-27-21/h3-6,9-10,13-14,16H,11-12,15H2,1-2H3,(H,24,27)/t16-/m1/s1. The van der Waals surface area contributed by atoms with Gasteiger partial charge in [0.25, 0.3) is 0 Å². The van der Waals surface area contributed by atoms with Crippen LogP contribution in [0.5, 0.6) is 0 Å². The first-order valence-corrected chi connectivity index (χ1v) is 12.3. The molecule has 4 aromatic rings. The topological polar surface area (TPSA) is 106 Å². The van der Waals surface area contributed by atoms with Crippen LogP contribution >= 0.6 is 0 Å². The third-order valence-corrected chi connectivity index (χ3v) is 6.68. The smallest absolute Gasteiger partial charge is 0.176 e. The van der Waals surface area contributed by atoms with Crippen LogP contribution in [0.1, 0.15) is 18.1 Å². The van der Waals surface area contributed by atoms with Gasteiger partial charge in [0.15, 0.2) is 21.3 Å². The molecule has 0 spiro atoms. The van der Waals surface area contributed by atoms with E-state index < -0.39 is 9.84 Å². The van der Waals surface area contributed by atoms with Crippen molar-refractivity contribution in [1.82, 2.24) is 25.0 Å². The Morgan fingerprint density at radius 1 is 1.18 bits per heavy atom. The SMILES string of the molecule is C[C@@H]1COCCN1c1cc(C#Cc2ccccc2S(C)(=O)=O)c2cnn(-c3ccn[nH]3)c2n1. The molecule has 10 heteroatoms. The lowest BCUT2D eigenvalue weighted by molar-refractivity contribution is 0.0985. The normalized spacial score (nSPS) is 16.5. The van der Waals surface area contributed by atoms with Gasteiger partial charge < -0.3 is 9.64 Å². The number of aromatic amines is 1. The van der Waals surface area contributed by atoms with Crippen molar-refractivity contribution < 1.29 is 13.2 Å². The van der Waals surface area contributed by atoms with Crippen molar-refractivity contribution in [2.75, 3.05) is 30.9 Å². The van der Waals surface area contributed by atoms with Crippen molar-refractivity contribution in [2.24, 2.45) is 0 Å². The van der Waals surface area contributed by atoms with Crippen LogP contribution in [0.2, 0.25) is 0 Å². The molecule has 0 saturated carbocycles. The van der Waals surface area contributed by atoms with Gasteiger partial charge in [-0.05, 0) is 25.1 Å². The maximum atomic E-state index is 12.2. The van der Waals surface area contributed by atoms with E-state index >= 15 is 0 Å². The molecule has 5 rings (SSSR count). The molecule has 33 heavy (non-hydrogen) atoms. The zero-order valence-corrected chi connectivity index (χ0v) is 19.0. The second kappa shape index (κ2) is 8.35. The van der Waals surface area contributed by atoms with Crippen molar-refractivity contribution in [3.05, 3.63) is 59.9 Å². The highest BCUT2D eigenvalue weighted by molar-refractivity contribution is 7.90. The zero-order valence-electron chi connectivity index (χ0n) is 18.2. The number of anilines is 1. The Kier molecular flexibility index (Phi) is 5.36. The second-order valence-electron chi connectivity index (χ2n) is 7.90. The highest BCUT2D eigenvalue weighted by Crippen LogP contribution is 2.26. The zero-order chi connectivity index (χ0) is 23.0. The van der Waals surface area contributed by atoms with Gasteiger partial charge in [0.1, 0.15) is 5.82 Å². The van der Waals surface area contributed by atoms with E-state index in [0.717, 1.165) is 11.2 Å². The lowest BCUT2D eigenvalue weighted by atomic mass is 10.1. The van der Waals surface area contributed by atoms with E-state index in [1.165, 1.54) is 6.26 Å². The number of ether oxygens (including phenoxy) is 1. The summed E-state index contributed by atoms with van der Waals surface area (Å²) in [4.78, 5) is 7.29. The molecular weight excluding hydrogens is 440 g/mol. The van der Waals surface area contributed by atoms with Crippen LogP contribution in [0.4, 0.5) is 5.82 Å². The molecule has 1 aliphatic rings. The molecule has 1 aromatic carbocycles. The molecule has 1 aliphatic heterocycles. The third kappa shape index (κ3) is 4.08. The molecule has 0 aliphatic carbocycles. The molecule has 1 saturated heterocycles. The highest BCUT2D eigenvalue weighted by atomic mass is 32.2. The van der Waals surface area contributed by atoms with Crippen LogP contribution in [-0.4, -0.2) is 65.4 Å². The fourth-order valence-corrected chi connectivity index (χ4v) is 4.72. The van der Waals surface area contributed by atoms with Crippen molar-refractivity contribution in [3.63, 3.8) is 0 Å². The minimum Gasteiger partial charge on any atom is -0.377 e. The quantitative estimate of drug-likeness (QED) is 0.465. The van der Waals surface area contributed by atoms with E-state index in [1.807, 2.05) is 12.1 Å². The van der Waals surface area contributed by atoms with E-state index in [2.05, 4.69) is 39.0 Å². The van der Waals surface area contributed by atoms with Gasteiger partial charge in [-0.2, -0.15) is 14.9 Å². The lowest BCUT2D eigenvalue weighted by Gasteiger charge is -2.34. The molecule has 168 valence electrons. The number of benzene rings is 1. The Hall–Kier alpha value is -3.68. The summed E-state index contributed by atoms with van der Waals surface area (Å²) in [5.41, 5.74) is 1.80. The monoisotopic (exact) mass is 462 g/mol. The average molecular weight is 463 g/mol. The van der Waals surface area contributed by atoms with Crippen molar-refractivity contribution >= 4 is 26.7 Å². The lowest BCUT2D eigenvalue weighted by Crippen LogP contribution is -2.44. The minimum absolute atomic E-state index is 0.152. The van der Waals surface area contributed by atoms with Gasteiger partial charge in [-0.15, -0.1) is 0 Å². The molecule has 0 radical (unpaired) electrons. The van der Waals surface area contributed by atoms with Crippen LogP contribution in [0.15, 0.2) is 53.7 Å². The molecule has 4 heterocycles. The number of rotatable bonds is 3. The number of hydrogen-bond acceptors (Lipinski definition) is 7. The Labute approximate surface area is 191 Å². The molecule has 1 N–H and O–H groups in total. The number of fused-ring (bicyclic) bond motifs is 1. The summed E-state index contributed by atoms with van der Waals surface area (Å²) in [7, 11) is -3.40. The summed E-state index contributed by atoms with van der Waals surface area (Å²) in [5.74, 6) is 7.68. The molecule has 9 nitrogen and oxygen atoms in total. The van der Waals surface area contributed by atoms with Crippen LogP contribution in [-0.2, 0) is 14.6 Å². The Morgan fingerprint density at radius 2 is 2.00 bits per heavy atom. The number of morpholine rings is 1. The molecule has 0 unspecified atom stereocenters. The van der Waals surface area contributed by atoms with Gasteiger partial charge in [0.05, 0.1) is 41.9 Å². The van der Waals surface area contributed by atoms with E-state index in [9.17, 15) is 8.42 Å². The first-order chi connectivity index (χ1) is 15.9. The van der Waals surface area contributed by atoms with Crippen LogP contribution in [0.25, 0.3) is 16.9 Å². The summed E-state index contributed by atoms with van der Waals surface area (Å²) in [6.07, 6.45) is 4.55. The Bertz CT molecular complexity index is 1480. The number of hydrogen-bond donors (Lipinski definition) is 1. The number of nitrogens with zero attached hydrogens (tertiary/aromatic N) is 5. The Balaban J connectivity index is 1.69. The molecule has 0 amide bonds. The maximum absolute atomic E-state index is 12.2. The second-order valence-corrected chi connectivity index (χ2v) is 9.88. The average Bonchev–Trinajstić information content (AvgIpc) is 3.47. The van der Waals surface area contributed by atoms with Gasteiger partial charge in [0, 0.05) is 30.0 Å². The predicted octanol–water partition coefficient (Wildman–Crippen LogP) is 2.17. The van der Waals surface area contributed by atoms with Gasteiger partial charge in [-0.25, -0.2) is 13.4 Å². The number of pyridine rings is 1. The van der Waals surface area contributed by atoms with E-state index in [-0.39, 0.29) is 10.9 Å². The van der Waals surface area contributed by atoms with E-state index in [0.29, 0.717) is 42.4 Å².